The number of nitrogens with one attached hydrogen (secondary N) is 1. The SMILES string of the molecule is CC[C@H](Cn1nc(-c2cccs2)ccc1=O)NC(=O)c1cnsc1. The minimum Gasteiger partial charge on any atom is -0.347 e. The van der Waals surface area contributed by atoms with Crippen LogP contribution in [0.4, 0.5) is 0 Å². The number of hydrogen-bond acceptors (Lipinski definition) is 6. The number of aromatic nitrogens is 3. The Bertz CT molecular complexity index is 857. The largest absolute Gasteiger partial charge is 0.347 e. The second-order valence-electron chi connectivity index (χ2n) is 5.21. The molecule has 0 aliphatic heterocycles. The Morgan fingerprint density at radius 2 is 2.25 bits per heavy atom. The van der Waals surface area contributed by atoms with Gasteiger partial charge in [-0.05, 0) is 35.5 Å². The Morgan fingerprint density at radius 1 is 1.38 bits per heavy atom. The molecule has 8 heteroatoms. The number of carbonyl (C=O) groups is 1. The van der Waals surface area contributed by atoms with Crippen LogP contribution in [0.25, 0.3) is 10.6 Å². The molecule has 3 aromatic heterocycles. The van der Waals surface area contributed by atoms with E-state index in [-0.39, 0.29) is 17.5 Å². The molecule has 0 aliphatic carbocycles. The highest BCUT2D eigenvalue weighted by Gasteiger charge is 2.15. The van der Waals surface area contributed by atoms with Crippen LogP contribution in [0.1, 0.15) is 23.7 Å². The zero-order valence-electron chi connectivity index (χ0n) is 13.0. The highest BCUT2D eigenvalue weighted by Crippen LogP contribution is 2.21. The van der Waals surface area contributed by atoms with Gasteiger partial charge < -0.3 is 5.32 Å². The van der Waals surface area contributed by atoms with E-state index in [1.54, 1.807) is 22.8 Å². The van der Waals surface area contributed by atoms with Gasteiger partial charge in [-0.2, -0.15) is 5.10 Å². The monoisotopic (exact) mass is 360 g/mol. The number of hydrogen-bond donors (Lipinski definition) is 1. The molecular formula is C16H16N4O2S2. The molecule has 24 heavy (non-hydrogen) atoms. The van der Waals surface area contributed by atoms with Gasteiger partial charge in [-0.25, -0.2) is 9.06 Å². The van der Waals surface area contributed by atoms with E-state index in [4.69, 9.17) is 0 Å². The lowest BCUT2D eigenvalue weighted by atomic mass is 10.2. The van der Waals surface area contributed by atoms with E-state index in [2.05, 4.69) is 14.8 Å². The molecule has 1 N–H and O–H groups in total. The van der Waals surface area contributed by atoms with Crippen LogP contribution in [0.3, 0.4) is 0 Å². The van der Waals surface area contributed by atoms with Crippen LogP contribution in [-0.4, -0.2) is 26.1 Å². The summed E-state index contributed by atoms with van der Waals surface area (Å²) in [7, 11) is 0. The maximum Gasteiger partial charge on any atom is 0.266 e. The maximum atomic E-state index is 12.2. The van der Waals surface area contributed by atoms with E-state index in [0.717, 1.165) is 10.6 Å². The molecule has 1 atom stereocenters. The molecule has 3 aromatic rings. The van der Waals surface area contributed by atoms with Crippen molar-refractivity contribution in [3.63, 3.8) is 0 Å². The highest BCUT2D eigenvalue weighted by atomic mass is 32.1. The molecule has 1 amide bonds. The lowest BCUT2D eigenvalue weighted by molar-refractivity contribution is 0.0931. The first-order valence-corrected chi connectivity index (χ1v) is 9.21. The summed E-state index contributed by atoms with van der Waals surface area (Å²) in [5.74, 6) is -0.182. The van der Waals surface area contributed by atoms with Crippen LogP contribution in [0.15, 0.2) is 46.0 Å². The maximum absolute atomic E-state index is 12.2. The van der Waals surface area contributed by atoms with E-state index in [1.165, 1.54) is 28.5 Å². The lowest BCUT2D eigenvalue weighted by Gasteiger charge is -2.17. The fourth-order valence-corrected chi connectivity index (χ4v) is 3.41. The summed E-state index contributed by atoms with van der Waals surface area (Å²) < 4.78 is 5.34. The number of amides is 1. The fraction of sp³-hybridized carbons (Fsp3) is 0.250. The van der Waals surface area contributed by atoms with Crippen molar-refractivity contribution in [3.05, 3.63) is 57.1 Å². The molecule has 0 radical (unpaired) electrons. The molecule has 6 nitrogen and oxygen atoms in total. The second kappa shape index (κ2) is 7.50. The molecule has 3 rings (SSSR count). The van der Waals surface area contributed by atoms with Crippen LogP contribution in [-0.2, 0) is 6.54 Å². The van der Waals surface area contributed by atoms with Gasteiger partial charge in [-0.1, -0.05) is 13.0 Å². The van der Waals surface area contributed by atoms with E-state index >= 15 is 0 Å². The van der Waals surface area contributed by atoms with Crippen molar-refractivity contribution in [2.24, 2.45) is 0 Å². The van der Waals surface area contributed by atoms with Crippen molar-refractivity contribution in [1.82, 2.24) is 19.5 Å². The van der Waals surface area contributed by atoms with Gasteiger partial charge in [0.15, 0.2) is 0 Å². The molecule has 0 fully saturated rings. The van der Waals surface area contributed by atoms with Crippen molar-refractivity contribution in [1.29, 1.82) is 0 Å². The van der Waals surface area contributed by atoms with E-state index in [9.17, 15) is 9.59 Å². The van der Waals surface area contributed by atoms with Crippen molar-refractivity contribution in [3.8, 4) is 10.6 Å². The molecule has 124 valence electrons. The quantitative estimate of drug-likeness (QED) is 0.733. The minimum absolute atomic E-state index is 0.179. The molecular weight excluding hydrogens is 344 g/mol. The van der Waals surface area contributed by atoms with Gasteiger partial charge >= 0.3 is 0 Å². The first kappa shape index (κ1) is 16.5. The third-order valence-electron chi connectivity index (χ3n) is 3.56. The first-order chi connectivity index (χ1) is 11.7. The second-order valence-corrected chi connectivity index (χ2v) is 6.81. The Hall–Kier alpha value is -2.32. The Balaban J connectivity index is 1.77. The molecule has 0 aliphatic rings. The average Bonchev–Trinajstić information content (AvgIpc) is 3.29. The summed E-state index contributed by atoms with van der Waals surface area (Å²) >= 11 is 2.80. The van der Waals surface area contributed by atoms with Crippen LogP contribution in [0.2, 0.25) is 0 Å². The predicted molar refractivity (Wildman–Crippen MR) is 95.5 cm³/mol. The van der Waals surface area contributed by atoms with Gasteiger partial charge in [-0.3, -0.25) is 9.59 Å². The van der Waals surface area contributed by atoms with Gasteiger partial charge in [0, 0.05) is 17.5 Å². The molecule has 0 spiro atoms. The molecule has 0 bridgehead atoms. The summed E-state index contributed by atoms with van der Waals surface area (Å²) in [4.78, 5) is 25.2. The van der Waals surface area contributed by atoms with E-state index in [0.29, 0.717) is 18.5 Å². The van der Waals surface area contributed by atoms with Gasteiger partial charge in [0.1, 0.15) is 5.69 Å². The van der Waals surface area contributed by atoms with Crippen LogP contribution < -0.4 is 10.9 Å². The van der Waals surface area contributed by atoms with Gasteiger partial charge in [-0.15, -0.1) is 11.3 Å². The number of carbonyl (C=O) groups excluding carboxylic acids is 1. The Morgan fingerprint density at radius 3 is 2.92 bits per heavy atom. The summed E-state index contributed by atoms with van der Waals surface area (Å²) in [6.07, 6.45) is 2.23. The standard InChI is InChI=1S/C16H16N4O2S2/c1-2-12(18-16(22)11-8-17-24-10-11)9-20-15(21)6-5-13(19-20)14-4-3-7-23-14/h3-8,10,12H,2,9H2,1H3,(H,18,22)/t12-/m1/s1. The topological polar surface area (TPSA) is 76.9 Å². The fourth-order valence-electron chi connectivity index (χ4n) is 2.21. The normalized spacial score (nSPS) is 12.0. The lowest BCUT2D eigenvalue weighted by Crippen LogP contribution is -2.40. The van der Waals surface area contributed by atoms with Crippen LogP contribution in [0, 0.1) is 0 Å². The number of nitrogens with zero attached hydrogens (tertiary/aromatic N) is 3. The van der Waals surface area contributed by atoms with E-state index in [1.807, 2.05) is 24.4 Å². The van der Waals surface area contributed by atoms with Crippen LogP contribution >= 0.6 is 22.9 Å². The van der Waals surface area contributed by atoms with E-state index < -0.39 is 0 Å². The molecule has 3 heterocycles. The van der Waals surface area contributed by atoms with Gasteiger partial charge in [0.25, 0.3) is 11.5 Å². The summed E-state index contributed by atoms with van der Waals surface area (Å²) in [6, 6.07) is 6.97. The third-order valence-corrected chi connectivity index (χ3v) is 5.03. The summed E-state index contributed by atoms with van der Waals surface area (Å²) in [5.41, 5.74) is 1.11. The van der Waals surface area contributed by atoms with Crippen molar-refractivity contribution < 1.29 is 4.79 Å². The zero-order chi connectivity index (χ0) is 16.9. The Kier molecular flexibility index (Phi) is 5.17. The minimum atomic E-state index is -0.182. The predicted octanol–water partition coefficient (Wildman–Crippen LogP) is 2.64. The zero-order valence-corrected chi connectivity index (χ0v) is 14.6. The smallest absolute Gasteiger partial charge is 0.266 e. The highest BCUT2D eigenvalue weighted by molar-refractivity contribution is 7.13. The van der Waals surface area contributed by atoms with Gasteiger partial charge in [0.2, 0.25) is 0 Å². The molecule has 0 unspecified atom stereocenters. The van der Waals surface area contributed by atoms with Gasteiger partial charge in [0.05, 0.1) is 23.2 Å². The number of rotatable bonds is 6. The molecule has 0 saturated heterocycles. The van der Waals surface area contributed by atoms with Crippen molar-refractivity contribution >= 4 is 28.8 Å². The summed E-state index contributed by atoms with van der Waals surface area (Å²) in [6.45, 7) is 2.29. The molecule has 0 saturated carbocycles. The third kappa shape index (κ3) is 3.77. The van der Waals surface area contributed by atoms with Crippen LogP contribution in [0.5, 0.6) is 0 Å². The first-order valence-electron chi connectivity index (χ1n) is 7.49. The Labute approximate surface area is 147 Å². The summed E-state index contributed by atoms with van der Waals surface area (Å²) in [5, 5.41) is 11.0. The van der Waals surface area contributed by atoms with Crippen molar-refractivity contribution in [2.75, 3.05) is 0 Å². The number of thiophene rings is 1. The molecule has 0 aromatic carbocycles. The van der Waals surface area contributed by atoms with Crippen molar-refractivity contribution in [2.45, 2.75) is 25.9 Å². The average molecular weight is 360 g/mol.